The van der Waals surface area contributed by atoms with Gasteiger partial charge in [-0.25, -0.2) is 0 Å². The molecule has 0 saturated carbocycles. The first-order valence-corrected chi connectivity index (χ1v) is 9.51. The predicted molar refractivity (Wildman–Crippen MR) is 105 cm³/mol. The summed E-state index contributed by atoms with van der Waals surface area (Å²) in [5.74, 6) is -0.782. The first-order chi connectivity index (χ1) is 15.0. The number of nitro groups is 1. The molecule has 1 saturated heterocycles. The molecule has 32 heavy (non-hydrogen) atoms. The molecule has 172 valence electrons. The number of nitro benzene ring substituents is 1. The van der Waals surface area contributed by atoms with E-state index in [2.05, 4.69) is 10.1 Å². The average Bonchev–Trinajstić information content (AvgIpc) is 2.73. The third-order valence-corrected chi connectivity index (χ3v) is 5.05. The minimum absolute atomic E-state index is 0.0514. The Balaban J connectivity index is 1.62. The SMILES string of the molecule is O=C(Nc1ccc(OC(F)F)cc1)C1CCN(c2ccc(C(F)(F)F)cc2[N+](=O)[O-])CC1. The van der Waals surface area contributed by atoms with Crippen LogP contribution in [0, 0.1) is 16.0 Å². The molecule has 2 aromatic carbocycles. The highest BCUT2D eigenvalue weighted by atomic mass is 19.4. The maximum Gasteiger partial charge on any atom is 0.416 e. The van der Waals surface area contributed by atoms with E-state index in [1.165, 1.54) is 24.3 Å². The second-order valence-electron chi connectivity index (χ2n) is 7.11. The number of amides is 1. The van der Waals surface area contributed by atoms with Crippen LogP contribution in [0.2, 0.25) is 0 Å². The van der Waals surface area contributed by atoms with Crippen LogP contribution in [0.4, 0.5) is 39.0 Å². The van der Waals surface area contributed by atoms with E-state index >= 15 is 0 Å². The van der Waals surface area contributed by atoms with Crippen LogP contribution in [0.5, 0.6) is 5.75 Å². The molecule has 1 N–H and O–H groups in total. The molecule has 0 atom stereocenters. The van der Waals surface area contributed by atoms with Gasteiger partial charge in [0.15, 0.2) is 0 Å². The highest BCUT2D eigenvalue weighted by Crippen LogP contribution is 2.37. The van der Waals surface area contributed by atoms with Gasteiger partial charge >= 0.3 is 12.8 Å². The van der Waals surface area contributed by atoms with Gasteiger partial charge in [0, 0.05) is 30.8 Å². The van der Waals surface area contributed by atoms with E-state index in [0.717, 1.165) is 12.1 Å². The molecule has 1 amide bonds. The Morgan fingerprint density at radius 1 is 1.12 bits per heavy atom. The summed E-state index contributed by atoms with van der Waals surface area (Å²) >= 11 is 0. The van der Waals surface area contributed by atoms with Gasteiger partial charge in [-0.1, -0.05) is 0 Å². The first-order valence-electron chi connectivity index (χ1n) is 9.51. The van der Waals surface area contributed by atoms with E-state index in [9.17, 15) is 36.9 Å². The van der Waals surface area contributed by atoms with Crippen LogP contribution < -0.4 is 15.0 Å². The monoisotopic (exact) mass is 459 g/mol. The van der Waals surface area contributed by atoms with Crippen LogP contribution in [0.25, 0.3) is 0 Å². The van der Waals surface area contributed by atoms with Gasteiger partial charge in [0.25, 0.3) is 5.69 Å². The summed E-state index contributed by atoms with van der Waals surface area (Å²) in [6.07, 6.45) is -4.04. The molecule has 1 fully saturated rings. The summed E-state index contributed by atoms with van der Waals surface area (Å²) in [6.45, 7) is -2.47. The molecule has 0 aromatic heterocycles. The number of halogens is 5. The maximum atomic E-state index is 12.9. The zero-order chi connectivity index (χ0) is 23.5. The Hall–Kier alpha value is -3.44. The van der Waals surface area contributed by atoms with E-state index in [0.29, 0.717) is 24.6 Å². The van der Waals surface area contributed by atoms with Gasteiger partial charge in [0.1, 0.15) is 11.4 Å². The molecule has 0 aliphatic carbocycles. The number of benzene rings is 2. The number of hydrogen-bond acceptors (Lipinski definition) is 5. The second kappa shape index (κ2) is 9.37. The van der Waals surface area contributed by atoms with Crippen LogP contribution in [0.15, 0.2) is 42.5 Å². The van der Waals surface area contributed by atoms with Gasteiger partial charge in [0.2, 0.25) is 5.91 Å². The van der Waals surface area contributed by atoms with Crippen LogP contribution in [0.1, 0.15) is 18.4 Å². The molecule has 7 nitrogen and oxygen atoms in total. The lowest BCUT2D eigenvalue weighted by Gasteiger charge is -2.32. The Kier molecular flexibility index (Phi) is 6.80. The largest absolute Gasteiger partial charge is 0.435 e. The molecule has 1 aliphatic rings. The summed E-state index contributed by atoms with van der Waals surface area (Å²) < 4.78 is 67.3. The first kappa shape index (κ1) is 23.2. The molecule has 1 heterocycles. The number of ether oxygens (including phenoxy) is 1. The van der Waals surface area contributed by atoms with Gasteiger partial charge in [-0.05, 0) is 49.2 Å². The Morgan fingerprint density at radius 2 is 1.75 bits per heavy atom. The average molecular weight is 459 g/mol. The topological polar surface area (TPSA) is 84.7 Å². The fourth-order valence-corrected chi connectivity index (χ4v) is 3.46. The lowest BCUT2D eigenvalue weighted by Crippen LogP contribution is -2.38. The molecule has 1 aliphatic heterocycles. The van der Waals surface area contributed by atoms with Crippen molar-refractivity contribution in [3.8, 4) is 5.75 Å². The van der Waals surface area contributed by atoms with Crippen molar-refractivity contribution in [3.63, 3.8) is 0 Å². The molecule has 0 radical (unpaired) electrons. The van der Waals surface area contributed by atoms with Crippen molar-refractivity contribution in [3.05, 3.63) is 58.1 Å². The third kappa shape index (κ3) is 5.62. The minimum Gasteiger partial charge on any atom is -0.435 e. The van der Waals surface area contributed by atoms with Crippen LogP contribution in [0.3, 0.4) is 0 Å². The van der Waals surface area contributed by atoms with Crippen molar-refractivity contribution in [2.75, 3.05) is 23.3 Å². The van der Waals surface area contributed by atoms with Crippen LogP contribution in [-0.2, 0) is 11.0 Å². The highest BCUT2D eigenvalue weighted by Gasteiger charge is 2.35. The smallest absolute Gasteiger partial charge is 0.416 e. The Labute approximate surface area is 178 Å². The third-order valence-electron chi connectivity index (χ3n) is 5.05. The van der Waals surface area contributed by atoms with Crippen molar-refractivity contribution < 1.29 is 36.4 Å². The highest BCUT2D eigenvalue weighted by molar-refractivity contribution is 5.92. The molecule has 0 spiro atoms. The number of alkyl halides is 5. The predicted octanol–water partition coefficient (Wildman–Crippen LogP) is 5.07. The lowest BCUT2D eigenvalue weighted by atomic mass is 9.95. The van der Waals surface area contributed by atoms with Gasteiger partial charge in [-0.3, -0.25) is 14.9 Å². The van der Waals surface area contributed by atoms with Gasteiger partial charge in [0.05, 0.1) is 10.5 Å². The number of anilines is 2. The normalized spacial score (nSPS) is 15.0. The summed E-state index contributed by atoms with van der Waals surface area (Å²) in [6, 6.07) is 7.78. The van der Waals surface area contributed by atoms with E-state index in [1.54, 1.807) is 4.90 Å². The summed E-state index contributed by atoms with van der Waals surface area (Å²) in [5, 5.41) is 14.0. The minimum atomic E-state index is -4.70. The van der Waals surface area contributed by atoms with Gasteiger partial charge in [-0.2, -0.15) is 22.0 Å². The van der Waals surface area contributed by atoms with Crippen molar-refractivity contribution in [1.29, 1.82) is 0 Å². The number of rotatable bonds is 6. The van der Waals surface area contributed by atoms with Gasteiger partial charge in [-0.15, -0.1) is 0 Å². The molecule has 2 aromatic rings. The van der Waals surface area contributed by atoms with Crippen molar-refractivity contribution in [2.45, 2.75) is 25.6 Å². The summed E-state index contributed by atoms with van der Waals surface area (Å²) in [5.41, 5.74) is -1.30. The standard InChI is InChI=1S/C20H18F5N3O4/c21-19(22)32-15-4-2-14(3-5-15)26-18(29)12-7-9-27(10-8-12)16-6-1-13(20(23,24)25)11-17(16)28(30)31/h1-6,11-12,19H,7-10H2,(H,26,29). The van der Waals surface area contributed by atoms with Crippen molar-refractivity contribution in [1.82, 2.24) is 0 Å². The van der Waals surface area contributed by atoms with Crippen molar-refractivity contribution in [2.24, 2.45) is 5.92 Å². The summed E-state index contributed by atoms with van der Waals surface area (Å²) in [4.78, 5) is 24.5. The maximum absolute atomic E-state index is 12.9. The molecular weight excluding hydrogens is 441 g/mol. The van der Waals surface area contributed by atoms with E-state index in [-0.39, 0.29) is 30.4 Å². The molecule has 0 bridgehead atoms. The van der Waals surface area contributed by atoms with Crippen molar-refractivity contribution >= 4 is 23.0 Å². The number of piperidine rings is 1. The quantitative estimate of drug-likeness (QED) is 0.371. The molecule has 12 heteroatoms. The number of hydrogen-bond donors (Lipinski definition) is 1. The van der Waals surface area contributed by atoms with E-state index in [1.807, 2.05) is 0 Å². The molecule has 0 unspecified atom stereocenters. The number of nitrogens with zero attached hydrogens (tertiary/aromatic N) is 2. The zero-order valence-electron chi connectivity index (χ0n) is 16.4. The Bertz CT molecular complexity index is 974. The number of carbonyl (C=O) groups is 1. The fourth-order valence-electron chi connectivity index (χ4n) is 3.46. The number of carbonyl (C=O) groups excluding carboxylic acids is 1. The van der Waals surface area contributed by atoms with Crippen LogP contribution >= 0.6 is 0 Å². The Morgan fingerprint density at radius 3 is 2.28 bits per heavy atom. The fraction of sp³-hybridized carbons (Fsp3) is 0.350. The summed E-state index contributed by atoms with van der Waals surface area (Å²) in [7, 11) is 0. The lowest BCUT2D eigenvalue weighted by molar-refractivity contribution is -0.384. The van der Waals surface area contributed by atoms with E-state index < -0.39 is 34.9 Å². The van der Waals surface area contributed by atoms with Crippen LogP contribution in [-0.4, -0.2) is 30.5 Å². The zero-order valence-corrected chi connectivity index (χ0v) is 16.4. The number of nitrogens with one attached hydrogen (secondary N) is 1. The van der Waals surface area contributed by atoms with E-state index in [4.69, 9.17) is 0 Å². The molecule has 3 rings (SSSR count). The molecular formula is C20H18F5N3O4. The second-order valence-corrected chi connectivity index (χ2v) is 7.11. The van der Waals surface area contributed by atoms with Gasteiger partial charge < -0.3 is 15.0 Å².